The molecule has 6 nitrogen and oxygen atoms in total. The number of hydrogen-bond acceptors (Lipinski definition) is 4. The number of methoxy groups -OCH3 is 1. The van der Waals surface area contributed by atoms with E-state index < -0.39 is 12.0 Å². The van der Waals surface area contributed by atoms with E-state index in [2.05, 4.69) is 0 Å². The molecule has 1 aromatic carbocycles. The zero-order valence-corrected chi connectivity index (χ0v) is 14.3. The Morgan fingerprint density at radius 1 is 1.20 bits per heavy atom. The number of hydrogen-bond donors (Lipinski definition) is 0. The maximum absolute atomic E-state index is 13.2. The van der Waals surface area contributed by atoms with Gasteiger partial charge in [0.05, 0.1) is 13.0 Å². The van der Waals surface area contributed by atoms with Crippen LogP contribution in [0.25, 0.3) is 0 Å². The van der Waals surface area contributed by atoms with Gasteiger partial charge in [-0.05, 0) is 30.4 Å². The summed E-state index contributed by atoms with van der Waals surface area (Å²) in [4.78, 5) is 41.0. The number of esters is 1. The Labute approximate surface area is 146 Å². The highest BCUT2D eigenvalue weighted by atomic mass is 16.5. The maximum atomic E-state index is 13.2. The third-order valence-corrected chi connectivity index (χ3v) is 5.43. The molecule has 0 unspecified atom stereocenters. The summed E-state index contributed by atoms with van der Waals surface area (Å²) in [7, 11) is 1.34. The van der Waals surface area contributed by atoms with E-state index in [4.69, 9.17) is 4.74 Å². The summed E-state index contributed by atoms with van der Waals surface area (Å²) in [5, 5.41) is 0. The molecule has 0 bridgehead atoms. The summed E-state index contributed by atoms with van der Waals surface area (Å²) in [6.45, 7) is 1.22. The highest BCUT2D eigenvalue weighted by Crippen LogP contribution is 2.36. The van der Waals surface area contributed by atoms with Crippen LogP contribution in [0.2, 0.25) is 0 Å². The minimum atomic E-state index is -0.637. The van der Waals surface area contributed by atoms with E-state index in [1.54, 1.807) is 4.90 Å². The topological polar surface area (TPSA) is 66.9 Å². The van der Waals surface area contributed by atoms with Crippen molar-refractivity contribution in [2.75, 3.05) is 25.1 Å². The van der Waals surface area contributed by atoms with E-state index in [-0.39, 0.29) is 24.2 Å². The minimum absolute atomic E-state index is 0.0485. The van der Waals surface area contributed by atoms with Gasteiger partial charge in [-0.25, -0.2) is 4.79 Å². The lowest BCUT2D eigenvalue weighted by Gasteiger charge is -2.26. The molecule has 2 atom stereocenters. The lowest BCUT2D eigenvalue weighted by atomic mass is 10.1. The molecule has 4 rings (SSSR count). The second-order valence-corrected chi connectivity index (χ2v) is 7.22. The molecule has 1 aliphatic carbocycles. The third-order valence-electron chi connectivity index (χ3n) is 5.43. The number of rotatable bonds is 4. The number of carbonyl (C=O) groups excluding carboxylic acids is 3. The van der Waals surface area contributed by atoms with Crippen molar-refractivity contribution >= 4 is 23.5 Å². The summed E-state index contributed by atoms with van der Waals surface area (Å²) in [6, 6.07) is 6.91. The van der Waals surface area contributed by atoms with Gasteiger partial charge in [0.15, 0.2) is 0 Å². The van der Waals surface area contributed by atoms with Gasteiger partial charge in [0.1, 0.15) is 6.04 Å². The van der Waals surface area contributed by atoms with Gasteiger partial charge in [-0.2, -0.15) is 0 Å². The van der Waals surface area contributed by atoms with Gasteiger partial charge >= 0.3 is 5.97 Å². The predicted octanol–water partition coefficient (Wildman–Crippen LogP) is 1.38. The molecular weight excluding hydrogens is 320 g/mol. The normalized spacial score (nSPS) is 25.2. The monoisotopic (exact) mass is 342 g/mol. The van der Waals surface area contributed by atoms with E-state index in [1.807, 2.05) is 29.2 Å². The van der Waals surface area contributed by atoms with Crippen molar-refractivity contribution in [1.29, 1.82) is 0 Å². The van der Waals surface area contributed by atoms with Crippen LogP contribution in [0.3, 0.4) is 0 Å². The second-order valence-electron chi connectivity index (χ2n) is 7.22. The summed E-state index contributed by atoms with van der Waals surface area (Å²) in [6.07, 6.45) is 3.04. The van der Waals surface area contributed by atoms with Gasteiger partial charge in [0, 0.05) is 31.6 Å². The SMILES string of the molecule is COC(=O)[C@@H]1Cc2ccccc2N1C(=O)[C@@H]1CC(=O)N(CC2CC2)C1. The molecule has 3 aliphatic rings. The minimum Gasteiger partial charge on any atom is -0.467 e. The number of nitrogens with zero attached hydrogens (tertiary/aromatic N) is 2. The molecule has 2 fully saturated rings. The molecule has 6 heteroatoms. The van der Waals surface area contributed by atoms with Crippen LogP contribution < -0.4 is 4.90 Å². The zero-order chi connectivity index (χ0) is 17.6. The van der Waals surface area contributed by atoms with Gasteiger partial charge in [0.2, 0.25) is 11.8 Å². The molecule has 1 aromatic rings. The van der Waals surface area contributed by atoms with Gasteiger partial charge in [0.25, 0.3) is 0 Å². The predicted molar refractivity (Wildman–Crippen MR) is 90.8 cm³/mol. The molecule has 132 valence electrons. The molecule has 1 saturated heterocycles. The quantitative estimate of drug-likeness (QED) is 0.775. The van der Waals surface area contributed by atoms with Crippen LogP contribution in [0.1, 0.15) is 24.8 Å². The van der Waals surface area contributed by atoms with E-state index in [0.717, 1.165) is 17.8 Å². The highest BCUT2D eigenvalue weighted by molar-refractivity contribution is 6.05. The fraction of sp³-hybridized carbons (Fsp3) is 0.526. The van der Waals surface area contributed by atoms with Crippen LogP contribution in [0, 0.1) is 11.8 Å². The van der Waals surface area contributed by atoms with Gasteiger partial charge < -0.3 is 9.64 Å². The third kappa shape index (κ3) is 2.90. The summed E-state index contributed by atoms with van der Waals surface area (Å²) in [5.41, 5.74) is 1.72. The van der Waals surface area contributed by atoms with E-state index >= 15 is 0 Å². The fourth-order valence-electron chi connectivity index (χ4n) is 3.91. The highest BCUT2D eigenvalue weighted by Gasteiger charge is 2.45. The molecule has 0 aromatic heterocycles. The van der Waals surface area contributed by atoms with Crippen LogP contribution in [0.4, 0.5) is 5.69 Å². The van der Waals surface area contributed by atoms with Crippen molar-refractivity contribution in [1.82, 2.24) is 4.90 Å². The van der Waals surface area contributed by atoms with Gasteiger partial charge in [-0.15, -0.1) is 0 Å². The number of anilines is 1. The van der Waals surface area contributed by atoms with Crippen molar-refractivity contribution in [3.8, 4) is 0 Å². The number of likely N-dealkylation sites (tertiary alicyclic amines) is 1. The number of fused-ring (bicyclic) bond motifs is 1. The zero-order valence-electron chi connectivity index (χ0n) is 14.3. The Hall–Kier alpha value is -2.37. The first-order valence-corrected chi connectivity index (χ1v) is 8.85. The molecule has 2 heterocycles. The maximum Gasteiger partial charge on any atom is 0.329 e. The molecule has 0 spiro atoms. The standard InChI is InChI=1S/C19H22N2O4/c1-25-19(24)16-8-13-4-2-3-5-15(13)21(16)18(23)14-9-17(22)20(11-14)10-12-6-7-12/h2-5,12,14,16H,6-11H2,1H3/t14-,16+/m1/s1. The lowest BCUT2D eigenvalue weighted by Crippen LogP contribution is -2.46. The van der Waals surface area contributed by atoms with E-state index in [1.165, 1.54) is 20.0 Å². The second kappa shape index (κ2) is 6.17. The van der Waals surface area contributed by atoms with Crippen LogP contribution >= 0.6 is 0 Å². The first-order valence-electron chi connectivity index (χ1n) is 8.85. The summed E-state index contributed by atoms with van der Waals surface area (Å²) in [5.74, 6) is -0.291. The number of carbonyl (C=O) groups is 3. The smallest absolute Gasteiger partial charge is 0.329 e. The number of amides is 2. The Morgan fingerprint density at radius 3 is 2.68 bits per heavy atom. The van der Waals surface area contributed by atoms with Crippen LogP contribution in [-0.2, 0) is 25.5 Å². The Bertz CT molecular complexity index is 728. The van der Waals surface area contributed by atoms with Crippen molar-refractivity contribution in [2.24, 2.45) is 11.8 Å². The first-order chi connectivity index (χ1) is 12.1. The average Bonchev–Trinajstić information content (AvgIpc) is 3.24. The van der Waals surface area contributed by atoms with Gasteiger partial charge in [-0.1, -0.05) is 18.2 Å². The molecule has 0 radical (unpaired) electrons. The Balaban J connectivity index is 1.56. The van der Waals surface area contributed by atoms with Crippen molar-refractivity contribution in [3.05, 3.63) is 29.8 Å². The summed E-state index contributed by atoms with van der Waals surface area (Å²) < 4.78 is 4.90. The number of benzene rings is 1. The average molecular weight is 342 g/mol. The largest absolute Gasteiger partial charge is 0.467 e. The molecule has 1 saturated carbocycles. The number of para-hydroxylation sites is 1. The Morgan fingerprint density at radius 2 is 1.96 bits per heavy atom. The molecular formula is C19H22N2O4. The van der Waals surface area contributed by atoms with Crippen LogP contribution in [0.5, 0.6) is 0 Å². The van der Waals surface area contributed by atoms with Crippen molar-refractivity contribution < 1.29 is 19.1 Å². The van der Waals surface area contributed by atoms with Crippen LogP contribution in [-0.4, -0.2) is 48.9 Å². The number of ether oxygens (including phenoxy) is 1. The summed E-state index contributed by atoms with van der Waals surface area (Å²) >= 11 is 0. The molecule has 25 heavy (non-hydrogen) atoms. The van der Waals surface area contributed by atoms with E-state index in [9.17, 15) is 14.4 Å². The molecule has 2 aliphatic heterocycles. The Kier molecular flexibility index (Phi) is 3.98. The van der Waals surface area contributed by atoms with E-state index in [0.29, 0.717) is 18.9 Å². The first kappa shape index (κ1) is 16.1. The van der Waals surface area contributed by atoms with Gasteiger partial charge in [-0.3, -0.25) is 14.5 Å². The molecule has 0 N–H and O–H groups in total. The molecule has 2 amide bonds. The lowest BCUT2D eigenvalue weighted by molar-refractivity contribution is -0.143. The van der Waals surface area contributed by atoms with Crippen molar-refractivity contribution in [3.63, 3.8) is 0 Å². The van der Waals surface area contributed by atoms with Crippen LogP contribution in [0.15, 0.2) is 24.3 Å². The van der Waals surface area contributed by atoms with Crippen molar-refractivity contribution in [2.45, 2.75) is 31.7 Å². The fourth-order valence-corrected chi connectivity index (χ4v) is 3.91.